The van der Waals surface area contributed by atoms with E-state index in [1.54, 1.807) is 7.11 Å². The second-order valence-corrected chi connectivity index (χ2v) is 5.56. The van der Waals surface area contributed by atoms with Crippen molar-refractivity contribution in [2.24, 2.45) is 5.73 Å². The number of methoxy groups -OCH3 is 1. The number of nitrogens with two attached hydrogens (primary N) is 1. The zero-order chi connectivity index (χ0) is 15.1. The van der Waals surface area contributed by atoms with Gasteiger partial charge in [0, 0.05) is 52.1 Å². The summed E-state index contributed by atoms with van der Waals surface area (Å²) in [6.07, 6.45) is 0. The highest BCUT2D eigenvalue weighted by atomic mass is 16.5. The van der Waals surface area contributed by atoms with Crippen molar-refractivity contribution >= 4 is 5.69 Å². The van der Waals surface area contributed by atoms with Crippen LogP contribution in [0.5, 0.6) is 0 Å². The average molecular weight is 279 g/mol. The van der Waals surface area contributed by atoms with Gasteiger partial charge in [0.2, 0.25) is 0 Å². The van der Waals surface area contributed by atoms with Gasteiger partial charge in [-0.25, -0.2) is 0 Å². The molecule has 0 spiro atoms. The molecule has 20 heavy (non-hydrogen) atoms. The number of anilines is 1. The van der Waals surface area contributed by atoms with E-state index in [4.69, 9.17) is 10.5 Å². The van der Waals surface area contributed by atoms with Gasteiger partial charge < -0.3 is 15.4 Å². The summed E-state index contributed by atoms with van der Waals surface area (Å²) in [6.45, 7) is 6.64. The lowest BCUT2D eigenvalue weighted by molar-refractivity contribution is 0.0979. The van der Waals surface area contributed by atoms with Gasteiger partial charge in [0.05, 0.1) is 6.61 Å². The van der Waals surface area contributed by atoms with Crippen molar-refractivity contribution < 1.29 is 4.74 Å². The summed E-state index contributed by atoms with van der Waals surface area (Å²) >= 11 is 0. The number of ether oxygens (including phenoxy) is 1. The minimum atomic E-state index is 0.237. The zero-order valence-corrected chi connectivity index (χ0v) is 13.5. The predicted molar refractivity (Wildman–Crippen MR) is 86.3 cm³/mol. The molecule has 0 bridgehead atoms. The highest BCUT2D eigenvalue weighted by Gasteiger charge is 2.21. The molecule has 4 heteroatoms. The number of nitrogens with zero attached hydrogens (tertiary/aromatic N) is 2. The monoisotopic (exact) mass is 279 g/mol. The number of rotatable bonds is 8. The first-order chi connectivity index (χ1) is 9.51. The van der Waals surface area contributed by atoms with E-state index >= 15 is 0 Å². The molecule has 0 aromatic heterocycles. The molecule has 0 fully saturated rings. The molecule has 1 rings (SSSR count). The van der Waals surface area contributed by atoms with Crippen molar-refractivity contribution in [2.75, 3.05) is 45.8 Å². The van der Waals surface area contributed by atoms with Gasteiger partial charge in [-0.2, -0.15) is 0 Å². The van der Waals surface area contributed by atoms with Crippen LogP contribution in [0.2, 0.25) is 0 Å². The zero-order valence-electron chi connectivity index (χ0n) is 13.5. The van der Waals surface area contributed by atoms with Gasteiger partial charge in [-0.3, -0.25) is 4.90 Å². The Labute approximate surface area is 123 Å². The second kappa shape index (κ2) is 8.25. The van der Waals surface area contributed by atoms with Crippen LogP contribution in [-0.2, 0) is 4.74 Å². The Balaban J connectivity index is 2.91. The molecular weight excluding hydrogens is 250 g/mol. The van der Waals surface area contributed by atoms with Crippen LogP contribution in [0, 0.1) is 0 Å². The summed E-state index contributed by atoms with van der Waals surface area (Å²) in [5.41, 5.74) is 8.49. The van der Waals surface area contributed by atoms with Crippen LogP contribution >= 0.6 is 0 Å². The van der Waals surface area contributed by atoms with Gasteiger partial charge in [-0.15, -0.1) is 0 Å². The smallest absolute Gasteiger partial charge is 0.0590 e. The fourth-order valence-corrected chi connectivity index (χ4v) is 2.43. The molecule has 0 aliphatic heterocycles. The highest BCUT2D eigenvalue weighted by Crippen LogP contribution is 2.24. The maximum absolute atomic E-state index is 6.02. The third kappa shape index (κ3) is 4.47. The molecule has 1 aromatic rings. The predicted octanol–water partition coefficient (Wildman–Crippen LogP) is 2.11. The van der Waals surface area contributed by atoms with Crippen LogP contribution in [0.4, 0.5) is 5.69 Å². The summed E-state index contributed by atoms with van der Waals surface area (Å²) in [7, 11) is 5.84. The molecule has 0 heterocycles. The van der Waals surface area contributed by atoms with E-state index in [1.807, 2.05) is 0 Å². The normalized spacial score (nSPS) is 13.0. The van der Waals surface area contributed by atoms with E-state index in [0.717, 1.165) is 13.2 Å². The third-order valence-electron chi connectivity index (χ3n) is 3.63. The number of hydrogen-bond donors (Lipinski definition) is 1. The minimum Gasteiger partial charge on any atom is -0.383 e. The van der Waals surface area contributed by atoms with E-state index in [2.05, 4.69) is 62.0 Å². The Hall–Kier alpha value is -1.10. The Morgan fingerprint density at radius 3 is 2.15 bits per heavy atom. The van der Waals surface area contributed by atoms with Crippen molar-refractivity contribution in [1.29, 1.82) is 0 Å². The Bertz CT molecular complexity index is 376. The molecular formula is C16H29N3O. The van der Waals surface area contributed by atoms with Gasteiger partial charge in [0.15, 0.2) is 0 Å². The lowest BCUT2D eigenvalue weighted by Crippen LogP contribution is -2.40. The first-order valence-corrected chi connectivity index (χ1v) is 7.23. The molecule has 0 saturated heterocycles. The summed E-state index contributed by atoms with van der Waals surface area (Å²) in [5.74, 6) is 0. The lowest BCUT2D eigenvalue weighted by atomic mass is 10.0. The molecule has 4 nitrogen and oxygen atoms in total. The van der Waals surface area contributed by atoms with Gasteiger partial charge in [0.25, 0.3) is 0 Å². The second-order valence-electron chi connectivity index (χ2n) is 5.56. The van der Waals surface area contributed by atoms with Crippen molar-refractivity contribution in [3.8, 4) is 0 Å². The van der Waals surface area contributed by atoms with Crippen LogP contribution < -0.4 is 10.6 Å². The maximum atomic E-state index is 6.02. The number of hydrogen-bond acceptors (Lipinski definition) is 4. The molecule has 0 radical (unpaired) electrons. The van der Waals surface area contributed by atoms with E-state index in [1.165, 1.54) is 11.3 Å². The SMILES string of the molecule is COCCN(C(C)C)C(CN)c1ccc(N(C)C)cc1. The van der Waals surface area contributed by atoms with Crippen LogP contribution in [0.1, 0.15) is 25.5 Å². The Morgan fingerprint density at radius 1 is 1.15 bits per heavy atom. The van der Waals surface area contributed by atoms with Crippen LogP contribution in [0.15, 0.2) is 24.3 Å². The summed E-state index contributed by atoms with van der Waals surface area (Å²) in [4.78, 5) is 4.50. The van der Waals surface area contributed by atoms with E-state index in [0.29, 0.717) is 12.6 Å². The van der Waals surface area contributed by atoms with Gasteiger partial charge in [0.1, 0.15) is 0 Å². The van der Waals surface area contributed by atoms with E-state index in [9.17, 15) is 0 Å². The topological polar surface area (TPSA) is 41.7 Å². The van der Waals surface area contributed by atoms with Crippen LogP contribution in [0.25, 0.3) is 0 Å². The van der Waals surface area contributed by atoms with Gasteiger partial charge in [-0.05, 0) is 31.5 Å². The first kappa shape index (κ1) is 17.0. The van der Waals surface area contributed by atoms with Gasteiger partial charge in [-0.1, -0.05) is 12.1 Å². The lowest BCUT2D eigenvalue weighted by Gasteiger charge is -2.34. The highest BCUT2D eigenvalue weighted by molar-refractivity contribution is 5.46. The fraction of sp³-hybridized carbons (Fsp3) is 0.625. The third-order valence-corrected chi connectivity index (χ3v) is 3.63. The molecule has 1 atom stereocenters. The largest absolute Gasteiger partial charge is 0.383 e. The van der Waals surface area contributed by atoms with Crippen molar-refractivity contribution in [3.05, 3.63) is 29.8 Å². The molecule has 114 valence electrons. The van der Waals surface area contributed by atoms with Crippen molar-refractivity contribution in [3.63, 3.8) is 0 Å². The van der Waals surface area contributed by atoms with E-state index < -0.39 is 0 Å². The molecule has 1 aromatic carbocycles. The Morgan fingerprint density at radius 2 is 1.75 bits per heavy atom. The summed E-state index contributed by atoms with van der Waals surface area (Å²) in [6, 6.07) is 9.32. The fourth-order valence-electron chi connectivity index (χ4n) is 2.43. The first-order valence-electron chi connectivity index (χ1n) is 7.23. The molecule has 0 amide bonds. The van der Waals surface area contributed by atoms with Crippen LogP contribution in [-0.4, -0.2) is 51.8 Å². The Kier molecular flexibility index (Phi) is 6.99. The molecule has 0 aliphatic carbocycles. The summed E-state index contributed by atoms with van der Waals surface area (Å²) < 4.78 is 5.21. The molecule has 0 saturated carbocycles. The quantitative estimate of drug-likeness (QED) is 0.791. The van der Waals surface area contributed by atoms with Gasteiger partial charge >= 0.3 is 0 Å². The molecule has 1 unspecified atom stereocenters. The average Bonchev–Trinajstić information content (AvgIpc) is 2.43. The molecule has 2 N–H and O–H groups in total. The standard InChI is InChI=1S/C16H29N3O/c1-13(2)19(10-11-20-5)16(12-17)14-6-8-15(9-7-14)18(3)4/h6-9,13,16H,10-12,17H2,1-5H3. The maximum Gasteiger partial charge on any atom is 0.0590 e. The van der Waals surface area contributed by atoms with E-state index in [-0.39, 0.29) is 6.04 Å². The van der Waals surface area contributed by atoms with Crippen LogP contribution in [0.3, 0.4) is 0 Å². The number of benzene rings is 1. The summed E-state index contributed by atoms with van der Waals surface area (Å²) in [5, 5.41) is 0. The minimum absolute atomic E-state index is 0.237. The van der Waals surface area contributed by atoms with Crippen molar-refractivity contribution in [2.45, 2.75) is 25.9 Å². The molecule has 0 aliphatic rings. The van der Waals surface area contributed by atoms with Crippen molar-refractivity contribution in [1.82, 2.24) is 4.90 Å².